The van der Waals surface area contributed by atoms with E-state index in [1.54, 1.807) is 76.2 Å². The maximum atomic E-state index is 14.1. The van der Waals surface area contributed by atoms with Crippen LogP contribution < -0.4 is 24.4 Å². The molecule has 0 radical (unpaired) electrons. The molecule has 0 saturated heterocycles. The maximum absolute atomic E-state index is 14.1. The Hall–Kier alpha value is -5.43. The minimum Gasteiger partial charge on any atom is -0.490 e. The van der Waals surface area contributed by atoms with Crippen LogP contribution in [0.15, 0.2) is 74.0 Å². The van der Waals surface area contributed by atoms with Crippen molar-refractivity contribution in [2.75, 3.05) is 26.9 Å². The van der Waals surface area contributed by atoms with Crippen molar-refractivity contribution >= 4 is 35.3 Å². The number of aromatic carboxylic acids is 1. The smallest absolute Gasteiger partial charge is 0.343 e. The van der Waals surface area contributed by atoms with E-state index in [0.29, 0.717) is 49.0 Å². The lowest BCUT2D eigenvalue weighted by Gasteiger charge is -2.25. The Labute approximate surface area is 272 Å². The number of carboxylic acids is 1. The number of fused-ring (bicyclic) bond motifs is 1. The van der Waals surface area contributed by atoms with Crippen LogP contribution in [-0.2, 0) is 19.1 Å². The molecule has 13 heteroatoms. The number of carbonyl (C=O) groups is 3. The van der Waals surface area contributed by atoms with E-state index in [2.05, 4.69) is 9.73 Å². The van der Waals surface area contributed by atoms with Crippen LogP contribution >= 0.6 is 11.3 Å². The zero-order valence-electron chi connectivity index (χ0n) is 26.3. The largest absolute Gasteiger partial charge is 0.490 e. The number of carboxylic acid groups (broad SMARTS) is 1. The van der Waals surface area contributed by atoms with Crippen LogP contribution in [0, 0.1) is 6.92 Å². The Kier molecular flexibility index (Phi) is 9.75. The van der Waals surface area contributed by atoms with Gasteiger partial charge in [0.25, 0.3) is 5.56 Å². The van der Waals surface area contributed by atoms with Crippen molar-refractivity contribution in [1.29, 1.82) is 0 Å². The SMILES string of the molecule is CCOC(=O)C1=C(C)N=c2s/c(=C\c3ccc(-c4cccc(C(=O)O)c4C)o3)c(=O)n2[C@H]1c1ccc(OCC(=O)OC)c(OCC)c1. The Bertz CT molecular complexity index is 2090. The highest BCUT2D eigenvalue weighted by Gasteiger charge is 2.34. The molecule has 244 valence electrons. The average molecular weight is 661 g/mol. The third kappa shape index (κ3) is 6.61. The van der Waals surface area contributed by atoms with Crippen LogP contribution in [0.2, 0.25) is 0 Å². The maximum Gasteiger partial charge on any atom is 0.343 e. The number of carbonyl (C=O) groups excluding carboxylic acids is 2. The molecule has 3 heterocycles. The van der Waals surface area contributed by atoms with E-state index < -0.39 is 29.5 Å². The average Bonchev–Trinajstić information content (AvgIpc) is 3.63. The van der Waals surface area contributed by atoms with Crippen molar-refractivity contribution in [3.8, 4) is 22.8 Å². The van der Waals surface area contributed by atoms with Gasteiger partial charge in [0.2, 0.25) is 0 Å². The normalized spacial score (nSPS) is 14.3. The van der Waals surface area contributed by atoms with Gasteiger partial charge in [0, 0.05) is 11.6 Å². The lowest BCUT2D eigenvalue weighted by Crippen LogP contribution is -2.40. The molecule has 0 saturated carbocycles. The third-order valence-electron chi connectivity index (χ3n) is 7.40. The molecule has 0 unspecified atom stereocenters. The number of methoxy groups -OCH3 is 1. The van der Waals surface area contributed by atoms with E-state index in [9.17, 15) is 24.3 Å². The van der Waals surface area contributed by atoms with Crippen LogP contribution in [0.25, 0.3) is 17.4 Å². The highest BCUT2D eigenvalue weighted by atomic mass is 32.1. The second-order valence-corrected chi connectivity index (χ2v) is 11.3. The van der Waals surface area contributed by atoms with Gasteiger partial charge in [-0.3, -0.25) is 9.36 Å². The molecule has 4 aromatic rings. The summed E-state index contributed by atoms with van der Waals surface area (Å²) in [5.74, 6) is -0.828. The van der Waals surface area contributed by atoms with Crippen LogP contribution in [0.5, 0.6) is 11.5 Å². The van der Waals surface area contributed by atoms with Gasteiger partial charge >= 0.3 is 17.9 Å². The van der Waals surface area contributed by atoms with Gasteiger partial charge in [-0.1, -0.05) is 29.5 Å². The monoisotopic (exact) mass is 660 g/mol. The number of benzene rings is 2. The summed E-state index contributed by atoms with van der Waals surface area (Å²) >= 11 is 1.13. The number of aromatic nitrogens is 1. The Morgan fingerprint density at radius 3 is 2.53 bits per heavy atom. The Morgan fingerprint density at radius 1 is 1.04 bits per heavy atom. The lowest BCUT2D eigenvalue weighted by molar-refractivity contribution is -0.143. The van der Waals surface area contributed by atoms with E-state index in [1.807, 2.05) is 0 Å². The number of esters is 2. The van der Waals surface area contributed by atoms with Gasteiger partial charge < -0.3 is 28.5 Å². The standard InChI is InChI=1S/C34H32N2O10S/c1-6-43-26-15-20(11-13-25(26)45-17-28(37)42-5)30-29(33(41)44-7-2)19(4)35-34-36(30)31(38)27(47-34)16-21-12-14-24(46-21)22-9-8-10-23(18(22)3)32(39)40/h8-16,30H,6-7,17H2,1-5H3,(H,39,40)/b27-16-/t30-/m0/s1. The first-order chi connectivity index (χ1) is 22.6. The first kappa shape index (κ1) is 32.9. The minimum absolute atomic E-state index is 0.118. The highest BCUT2D eigenvalue weighted by molar-refractivity contribution is 7.07. The molecular formula is C34H32N2O10S. The molecule has 0 amide bonds. The van der Waals surface area contributed by atoms with Gasteiger partial charge in [-0.15, -0.1) is 0 Å². The second kappa shape index (κ2) is 13.9. The molecule has 2 aromatic heterocycles. The van der Waals surface area contributed by atoms with E-state index in [1.165, 1.54) is 17.7 Å². The molecule has 0 aliphatic carbocycles. The fourth-order valence-electron chi connectivity index (χ4n) is 5.22. The predicted octanol–water partition coefficient (Wildman–Crippen LogP) is 4.02. The fourth-order valence-corrected chi connectivity index (χ4v) is 6.25. The van der Waals surface area contributed by atoms with Crippen molar-refractivity contribution in [1.82, 2.24) is 4.57 Å². The summed E-state index contributed by atoms with van der Waals surface area (Å²) in [7, 11) is 1.26. The summed E-state index contributed by atoms with van der Waals surface area (Å²) < 4.78 is 29.2. The molecule has 1 N–H and O–H groups in total. The molecule has 1 aliphatic heterocycles. The topological polar surface area (TPSA) is 156 Å². The van der Waals surface area contributed by atoms with Gasteiger partial charge in [0.05, 0.1) is 47.7 Å². The number of hydrogen-bond acceptors (Lipinski definition) is 11. The molecule has 47 heavy (non-hydrogen) atoms. The third-order valence-corrected chi connectivity index (χ3v) is 8.39. The second-order valence-electron chi connectivity index (χ2n) is 10.3. The zero-order chi connectivity index (χ0) is 33.8. The number of rotatable bonds is 11. The summed E-state index contributed by atoms with van der Waals surface area (Å²) in [5.41, 5.74) is 2.01. The van der Waals surface area contributed by atoms with Gasteiger partial charge in [0.1, 0.15) is 11.5 Å². The van der Waals surface area contributed by atoms with Crippen LogP contribution in [0.4, 0.5) is 0 Å². The molecule has 12 nitrogen and oxygen atoms in total. The van der Waals surface area contributed by atoms with Crippen LogP contribution in [0.1, 0.15) is 54.1 Å². The van der Waals surface area contributed by atoms with E-state index in [0.717, 1.165) is 11.3 Å². The number of allylic oxidation sites excluding steroid dienone is 1. The molecular weight excluding hydrogens is 628 g/mol. The van der Waals surface area contributed by atoms with Gasteiger partial charge in [-0.2, -0.15) is 0 Å². The van der Waals surface area contributed by atoms with E-state index in [4.69, 9.17) is 18.6 Å². The van der Waals surface area contributed by atoms with E-state index in [-0.39, 0.29) is 36.7 Å². The summed E-state index contributed by atoms with van der Waals surface area (Å²) in [6, 6.07) is 12.3. The Morgan fingerprint density at radius 2 is 1.83 bits per heavy atom. The molecule has 2 aromatic carbocycles. The molecule has 0 bridgehead atoms. The molecule has 1 aliphatic rings. The fraction of sp³-hybridized carbons (Fsp3) is 0.265. The predicted molar refractivity (Wildman–Crippen MR) is 171 cm³/mol. The Balaban J connectivity index is 1.62. The summed E-state index contributed by atoms with van der Waals surface area (Å²) in [4.78, 5) is 55.7. The van der Waals surface area contributed by atoms with Gasteiger partial charge in [-0.25, -0.2) is 19.4 Å². The van der Waals surface area contributed by atoms with Crippen molar-refractivity contribution in [2.24, 2.45) is 4.99 Å². The van der Waals surface area contributed by atoms with E-state index >= 15 is 0 Å². The number of thiazole rings is 1. The van der Waals surface area contributed by atoms with Gasteiger partial charge in [-0.05, 0) is 69.2 Å². The minimum atomic E-state index is -1.04. The zero-order valence-corrected chi connectivity index (χ0v) is 27.1. The molecule has 0 fully saturated rings. The number of furan rings is 1. The lowest BCUT2D eigenvalue weighted by atomic mass is 9.95. The highest BCUT2D eigenvalue weighted by Crippen LogP contribution is 2.36. The summed E-state index contributed by atoms with van der Waals surface area (Å²) in [6.45, 7) is 6.93. The van der Waals surface area contributed by atoms with Crippen LogP contribution in [-0.4, -0.2) is 54.5 Å². The quantitative estimate of drug-likeness (QED) is 0.233. The molecule has 5 rings (SSSR count). The number of ether oxygens (including phenoxy) is 4. The molecule has 1 atom stereocenters. The van der Waals surface area contributed by atoms with Crippen molar-refractivity contribution in [2.45, 2.75) is 33.7 Å². The first-order valence-electron chi connectivity index (χ1n) is 14.7. The summed E-state index contributed by atoms with van der Waals surface area (Å²) in [6.07, 6.45) is 1.58. The summed E-state index contributed by atoms with van der Waals surface area (Å²) in [5, 5.41) is 9.52. The number of nitrogens with zero attached hydrogens (tertiary/aromatic N) is 2. The molecule has 0 spiro atoms. The van der Waals surface area contributed by atoms with Crippen LogP contribution in [0.3, 0.4) is 0 Å². The van der Waals surface area contributed by atoms with Crippen molar-refractivity contribution in [3.63, 3.8) is 0 Å². The first-order valence-corrected chi connectivity index (χ1v) is 15.5. The van der Waals surface area contributed by atoms with Crippen molar-refractivity contribution < 1.29 is 42.9 Å². The number of hydrogen-bond donors (Lipinski definition) is 1. The van der Waals surface area contributed by atoms with Gasteiger partial charge in [0.15, 0.2) is 22.9 Å². The van der Waals surface area contributed by atoms with Crippen molar-refractivity contribution in [3.05, 3.63) is 102 Å².